The van der Waals surface area contributed by atoms with Gasteiger partial charge >= 0.3 is 5.97 Å². The normalized spacial score (nSPS) is 21.2. The third-order valence-electron chi connectivity index (χ3n) is 2.36. The van der Waals surface area contributed by atoms with E-state index in [0.717, 1.165) is 30.0 Å². The Morgan fingerprint density at radius 2 is 2.46 bits per heavy atom. The van der Waals surface area contributed by atoms with Gasteiger partial charge in [-0.1, -0.05) is 0 Å². The molecule has 1 unspecified atom stereocenters. The van der Waals surface area contributed by atoms with Crippen molar-refractivity contribution in [2.24, 2.45) is 0 Å². The summed E-state index contributed by atoms with van der Waals surface area (Å²) in [6.45, 7) is 1.93. The Morgan fingerprint density at radius 1 is 1.69 bits per heavy atom. The van der Waals surface area contributed by atoms with Crippen LogP contribution in [-0.2, 0) is 11.2 Å². The van der Waals surface area contributed by atoms with Crippen LogP contribution in [0.4, 0.5) is 0 Å². The first kappa shape index (κ1) is 8.69. The minimum absolute atomic E-state index is 0.353. The summed E-state index contributed by atoms with van der Waals surface area (Å²) in [5, 5.41) is 9.94. The van der Waals surface area contributed by atoms with Crippen LogP contribution >= 0.6 is 11.3 Å². The lowest BCUT2D eigenvalue weighted by atomic mass is 9.91. The number of fused-ring (bicyclic) bond motifs is 1. The lowest BCUT2D eigenvalue weighted by Crippen LogP contribution is -2.17. The highest BCUT2D eigenvalue weighted by Gasteiger charge is 2.29. The van der Waals surface area contributed by atoms with Gasteiger partial charge in [-0.05, 0) is 26.2 Å². The lowest BCUT2D eigenvalue weighted by Gasteiger charge is -2.16. The van der Waals surface area contributed by atoms with Gasteiger partial charge in [0, 0.05) is 4.88 Å². The fraction of sp³-hybridized carbons (Fsp3) is 0.556. The van der Waals surface area contributed by atoms with E-state index in [9.17, 15) is 4.79 Å². The minimum Gasteiger partial charge on any atom is -0.481 e. The van der Waals surface area contributed by atoms with Gasteiger partial charge in [0.15, 0.2) is 0 Å². The van der Waals surface area contributed by atoms with Crippen LogP contribution in [0.3, 0.4) is 0 Å². The molecule has 0 aromatic carbocycles. The summed E-state index contributed by atoms with van der Waals surface area (Å²) in [5.74, 6) is -1.08. The van der Waals surface area contributed by atoms with E-state index in [1.807, 2.05) is 6.92 Å². The number of rotatable bonds is 1. The van der Waals surface area contributed by atoms with Crippen molar-refractivity contribution < 1.29 is 9.90 Å². The Hall–Kier alpha value is -0.900. The molecule has 0 saturated carbocycles. The molecule has 0 aliphatic heterocycles. The molecule has 0 spiro atoms. The standard InChI is InChI=1S/C9H11NO2S/c1-5-10-8-6(9(11)12)3-2-4-7(8)13-5/h6H,2-4H2,1H3,(H,11,12). The second kappa shape index (κ2) is 3.10. The molecule has 13 heavy (non-hydrogen) atoms. The zero-order valence-electron chi connectivity index (χ0n) is 7.41. The van der Waals surface area contributed by atoms with Crippen molar-refractivity contribution in [1.29, 1.82) is 0 Å². The lowest BCUT2D eigenvalue weighted by molar-refractivity contribution is -0.139. The van der Waals surface area contributed by atoms with Crippen molar-refractivity contribution in [2.75, 3.05) is 0 Å². The molecule has 0 fully saturated rings. The second-order valence-corrected chi connectivity index (χ2v) is 4.61. The second-order valence-electron chi connectivity index (χ2n) is 3.32. The molecule has 1 heterocycles. The van der Waals surface area contributed by atoms with Gasteiger partial charge in [-0.3, -0.25) is 4.79 Å². The molecule has 1 aliphatic carbocycles. The van der Waals surface area contributed by atoms with E-state index in [2.05, 4.69) is 4.98 Å². The van der Waals surface area contributed by atoms with Crippen LogP contribution in [-0.4, -0.2) is 16.1 Å². The number of aryl methyl sites for hydroxylation is 2. The predicted molar refractivity (Wildman–Crippen MR) is 50.2 cm³/mol. The number of aliphatic carboxylic acids is 1. The van der Waals surface area contributed by atoms with Gasteiger partial charge in [-0.15, -0.1) is 11.3 Å². The highest BCUT2D eigenvalue weighted by molar-refractivity contribution is 7.11. The van der Waals surface area contributed by atoms with Crippen LogP contribution in [0, 0.1) is 6.92 Å². The van der Waals surface area contributed by atoms with Gasteiger partial charge in [-0.2, -0.15) is 0 Å². The highest BCUT2D eigenvalue weighted by atomic mass is 32.1. The van der Waals surface area contributed by atoms with Crippen LogP contribution in [0.15, 0.2) is 0 Å². The van der Waals surface area contributed by atoms with Crippen LogP contribution in [0.25, 0.3) is 0 Å². The van der Waals surface area contributed by atoms with Crippen molar-refractivity contribution >= 4 is 17.3 Å². The van der Waals surface area contributed by atoms with Gasteiger partial charge in [0.05, 0.1) is 16.6 Å². The van der Waals surface area contributed by atoms with Crippen LogP contribution in [0.2, 0.25) is 0 Å². The maximum absolute atomic E-state index is 10.9. The Balaban J connectivity index is 2.41. The first-order chi connectivity index (χ1) is 6.18. The van der Waals surface area contributed by atoms with E-state index in [-0.39, 0.29) is 5.92 Å². The van der Waals surface area contributed by atoms with Crippen molar-refractivity contribution in [3.05, 3.63) is 15.6 Å². The molecule has 0 saturated heterocycles. The maximum Gasteiger partial charge on any atom is 0.312 e. The van der Waals surface area contributed by atoms with Crippen molar-refractivity contribution in [3.8, 4) is 0 Å². The molecular weight excluding hydrogens is 186 g/mol. The summed E-state index contributed by atoms with van der Waals surface area (Å²) in [6.07, 6.45) is 2.72. The van der Waals surface area contributed by atoms with Crippen molar-refractivity contribution in [1.82, 2.24) is 4.98 Å². The fourth-order valence-corrected chi connectivity index (χ4v) is 2.82. The van der Waals surface area contributed by atoms with Gasteiger partial charge in [0.1, 0.15) is 0 Å². The molecule has 70 valence electrons. The number of nitrogens with zero attached hydrogens (tertiary/aromatic N) is 1. The minimum atomic E-state index is -0.730. The molecule has 1 aromatic rings. The number of carboxylic acid groups (broad SMARTS) is 1. The Bertz CT molecular complexity index is 345. The molecule has 4 heteroatoms. The van der Waals surface area contributed by atoms with E-state index in [1.54, 1.807) is 11.3 Å². The Morgan fingerprint density at radius 3 is 3.15 bits per heavy atom. The fourth-order valence-electron chi connectivity index (χ4n) is 1.78. The molecule has 1 aromatic heterocycles. The summed E-state index contributed by atoms with van der Waals surface area (Å²) < 4.78 is 0. The summed E-state index contributed by atoms with van der Waals surface area (Å²) in [4.78, 5) is 16.4. The average molecular weight is 197 g/mol. The summed E-state index contributed by atoms with van der Waals surface area (Å²) in [6, 6.07) is 0. The number of hydrogen-bond acceptors (Lipinski definition) is 3. The van der Waals surface area contributed by atoms with Crippen LogP contribution in [0.5, 0.6) is 0 Å². The maximum atomic E-state index is 10.9. The molecule has 0 amide bonds. The quantitative estimate of drug-likeness (QED) is 0.748. The van der Waals surface area contributed by atoms with E-state index in [0.29, 0.717) is 0 Å². The molecular formula is C9H11NO2S. The zero-order chi connectivity index (χ0) is 9.42. The topological polar surface area (TPSA) is 50.2 Å². The van der Waals surface area contributed by atoms with Crippen molar-refractivity contribution in [2.45, 2.75) is 32.1 Å². The number of carbonyl (C=O) groups is 1. The monoisotopic (exact) mass is 197 g/mol. The zero-order valence-corrected chi connectivity index (χ0v) is 8.23. The molecule has 2 rings (SSSR count). The first-order valence-corrected chi connectivity index (χ1v) is 5.19. The molecule has 0 bridgehead atoms. The summed E-state index contributed by atoms with van der Waals surface area (Å²) >= 11 is 1.64. The number of aromatic nitrogens is 1. The first-order valence-electron chi connectivity index (χ1n) is 4.37. The number of hydrogen-bond donors (Lipinski definition) is 1. The molecule has 3 nitrogen and oxygen atoms in total. The third kappa shape index (κ3) is 1.46. The molecule has 0 radical (unpaired) electrons. The molecule has 1 atom stereocenters. The highest BCUT2D eigenvalue weighted by Crippen LogP contribution is 2.34. The van der Waals surface area contributed by atoms with Crippen LogP contribution in [0.1, 0.15) is 34.3 Å². The van der Waals surface area contributed by atoms with Gasteiger partial charge in [0.2, 0.25) is 0 Å². The van der Waals surface area contributed by atoms with E-state index < -0.39 is 5.97 Å². The average Bonchev–Trinajstić information content (AvgIpc) is 2.43. The number of thiazole rings is 1. The summed E-state index contributed by atoms with van der Waals surface area (Å²) in [5.41, 5.74) is 0.821. The predicted octanol–water partition coefficient (Wildman–Crippen LogP) is 1.96. The van der Waals surface area contributed by atoms with Crippen molar-refractivity contribution in [3.63, 3.8) is 0 Å². The largest absolute Gasteiger partial charge is 0.481 e. The Kier molecular flexibility index (Phi) is 2.07. The smallest absolute Gasteiger partial charge is 0.312 e. The SMILES string of the molecule is Cc1nc2c(s1)CCCC2C(=O)O. The van der Waals surface area contributed by atoms with E-state index in [1.165, 1.54) is 4.88 Å². The van der Waals surface area contributed by atoms with E-state index >= 15 is 0 Å². The van der Waals surface area contributed by atoms with E-state index in [4.69, 9.17) is 5.11 Å². The van der Waals surface area contributed by atoms with Crippen LogP contribution < -0.4 is 0 Å². The van der Waals surface area contributed by atoms with Gasteiger partial charge in [-0.25, -0.2) is 4.98 Å². The molecule has 1 aliphatic rings. The molecule has 1 N–H and O–H groups in total. The third-order valence-corrected chi connectivity index (χ3v) is 3.41. The van der Waals surface area contributed by atoms with Gasteiger partial charge in [0.25, 0.3) is 0 Å². The number of carboxylic acids is 1. The Labute approximate surface area is 80.4 Å². The summed E-state index contributed by atoms with van der Waals surface area (Å²) in [7, 11) is 0. The van der Waals surface area contributed by atoms with Gasteiger partial charge < -0.3 is 5.11 Å².